The Hall–Kier alpha value is -1.30. The van der Waals surface area contributed by atoms with Gasteiger partial charge in [0.2, 0.25) is 0 Å². The Morgan fingerprint density at radius 1 is 1.33 bits per heavy atom. The van der Waals surface area contributed by atoms with Crippen LogP contribution in [0, 0.1) is 5.82 Å². The van der Waals surface area contributed by atoms with Gasteiger partial charge in [-0.25, -0.2) is 4.39 Å². The van der Waals surface area contributed by atoms with E-state index in [1.54, 1.807) is 0 Å². The van der Waals surface area contributed by atoms with E-state index in [9.17, 15) is 17.6 Å². The molecule has 1 rings (SSSR count). The van der Waals surface area contributed by atoms with Crippen LogP contribution in [0.25, 0.3) is 0 Å². The van der Waals surface area contributed by atoms with E-state index in [1.807, 2.05) is 0 Å². The second kappa shape index (κ2) is 4.06. The normalized spacial score (nSPS) is 11.6. The van der Waals surface area contributed by atoms with E-state index in [-0.39, 0.29) is 5.56 Å². The lowest BCUT2D eigenvalue weighted by atomic mass is 10.1. The minimum absolute atomic E-state index is 0.232. The molecule has 0 heterocycles. The smallest absolute Gasteiger partial charge is 0.420 e. The van der Waals surface area contributed by atoms with Crippen molar-refractivity contribution >= 4 is 0 Å². The number of methoxy groups -OCH3 is 1. The van der Waals surface area contributed by atoms with Crippen molar-refractivity contribution in [2.24, 2.45) is 0 Å². The summed E-state index contributed by atoms with van der Waals surface area (Å²) in [5.41, 5.74) is -1.46. The number of hydrogen-bond donors (Lipinski definition) is 1. The number of ether oxygens (including phenoxy) is 1. The van der Waals surface area contributed by atoms with Gasteiger partial charge >= 0.3 is 6.18 Å². The SMILES string of the molecule is COc1c(CO)cc(F)cc1C(F)(F)F. The molecule has 6 heteroatoms. The summed E-state index contributed by atoms with van der Waals surface area (Å²) in [5, 5.41) is 8.75. The second-order valence-electron chi connectivity index (χ2n) is 2.80. The number of hydrogen-bond acceptors (Lipinski definition) is 2. The molecule has 1 N–H and O–H groups in total. The predicted octanol–water partition coefficient (Wildman–Crippen LogP) is 2.35. The Balaban J connectivity index is 3.42. The molecule has 84 valence electrons. The topological polar surface area (TPSA) is 29.5 Å². The molecule has 0 aromatic heterocycles. The van der Waals surface area contributed by atoms with E-state index in [1.165, 1.54) is 0 Å². The van der Waals surface area contributed by atoms with Gasteiger partial charge in [0, 0.05) is 5.56 Å². The van der Waals surface area contributed by atoms with Crippen LogP contribution in [0.2, 0.25) is 0 Å². The quantitative estimate of drug-likeness (QED) is 0.781. The van der Waals surface area contributed by atoms with Crippen molar-refractivity contribution in [1.29, 1.82) is 0 Å². The lowest BCUT2D eigenvalue weighted by molar-refractivity contribution is -0.139. The highest BCUT2D eigenvalue weighted by Crippen LogP contribution is 2.38. The number of aliphatic hydroxyl groups excluding tert-OH is 1. The van der Waals surface area contributed by atoms with Gasteiger partial charge in [-0.1, -0.05) is 0 Å². The van der Waals surface area contributed by atoms with E-state index in [2.05, 4.69) is 4.74 Å². The Morgan fingerprint density at radius 2 is 1.93 bits per heavy atom. The minimum Gasteiger partial charge on any atom is -0.496 e. The molecular weight excluding hydrogens is 216 g/mol. The predicted molar refractivity (Wildman–Crippen MR) is 43.9 cm³/mol. The highest BCUT2D eigenvalue weighted by molar-refractivity contribution is 5.43. The van der Waals surface area contributed by atoms with E-state index < -0.39 is 29.9 Å². The Bertz CT molecular complexity index is 360. The highest BCUT2D eigenvalue weighted by atomic mass is 19.4. The zero-order chi connectivity index (χ0) is 11.6. The van der Waals surface area contributed by atoms with E-state index in [4.69, 9.17) is 5.11 Å². The largest absolute Gasteiger partial charge is 0.496 e. The molecule has 0 amide bonds. The van der Waals surface area contributed by atoms with Crippen LogP contribution in [0.15, 0.2) is 12.1 Å². The first-order chi connectivity index (χ1) is 6.90. The van der Waals surface area contributed by atoms with Crippen LogP contribution in [0.4, 0.5) is 17.6 Å². The number of alkyl halides is 3. The first kappa shape index (κ1) is 11.8. The zero-order valence-corrected chi connectivity index (χ0v) is 7.73. The standard InChI is InChI=1S/C9H8F4O2/c1-15-8-5(4-14)2-6(10)3-7(8)9(11,12)13/h2-3,14H,4H2,1H3. The number of benzene rings is 1. The average Bonchev–Trinajstić information content (AvgIpc) is 2.15. The van der Waals surface area contributed by atoms with Crippen LogP contribution in [-0.4, -0.2) is 12.2 Å². The van der Waals surface area contributed by atoms with Crippen LogP contribution in [0.3, 0.4) is 0 Å². The number of aliphatic hydroxyl groups is 1. The third-order valence-corrected chi connectivity index (χ3v) is 1.81. The fourth-order valence-corrected chi connectivity index (χ4v) is 1.22. The molecule has 0 radical (unpaired) electrons. The summed E-state index contributed by atoms with van der Waals surface area (Å²) in [6, 6.07) is 1.13. The molecule has 0 aliphatic heterocycles. The molecule has 0 fully saturated rings. The molecule has 2 nitrogen and oxygen atoms in total. The first-order valence-corrected chi connectivity index (χ1v) is 3.94. The van der Waals surface area contributed by atoms with Crippen molar-refractivity contribution in [1.82, 2.24) is 0 Å². The lowest BCUT2D eigenvalue weighted by Crippen LogP contribution is -2.10. The first-order valence-electron chi connectivity index (χ1n) is 3.94. The maximum Gasteiger partial charge on any atom is 0.420 e. The van der Waals surface area contributed by atoms with E-state index in [0.717, 1.165) is 13.2 Å². The molecule has 0 unspecified atom stereocenters. The fraction of sp³-hybridized carbons (Fsp3) is 0.333. The summed E-state index contributed by atoms with van der Waals surface area (Å²) < 4.78 is 54.5. The fourth-order valence-electron chi connectivity index (χ4n) is 1.22. The Labute approximate surface area is 83.1 Å². The molecule has 0 aliphatic rings. The maximum atomic E-state index is 12.8. The third-order valence-electron chi connectivity index (χ3n) is 1.81. The van der Waals surface area contributed by atoms with Gasteiger partial charge < -0.3 is 9.84 Å². The Kier molecular flexibility index (Phi) is 3.18. The van der Waals surface area contributed by atoms with Crippen molar-refractivity contribution in [2.75, 3.05) is 7.11 Å². The minimum atomic E-state index is -4.71. The van der Waals surface area contributed by atoms with E-state index in [0.29, 0.717) is 6.07 Å². The van der Waals surface area contributed by atoms with Gasteiger partial charge in [-0.2, -0.15) is 13.2 Å². The molecule has 15 heavy (non-hydrogen) atoms. The van der Waals surface area contributed by atoms with Crippen molar-refractivity contribution in [3.63, 3.8) is 0 Å². The van der Waals surface area contributed by atoms with Crippen LogP contribution in [0.1, 0.15) is 11.1 Å². The van der Waals surface area contributed by atoms with Crippen molar-refractivity contribution < 1.29 is 27.4 Å². The summed E-state index contributed by atoms with van der Waals surface area (Å²) in [7, 11) is 1.03. The zero-order valence-electron chi connectivity index (χ0n) is 7.73. The molecule has 0 atom stereocenters. The molecule has 0 bridgehead atoms. The monoisotopic (exact) mass is 224 g/mol. The average molecular weight is 224 g/mol. The van der Waals surface area contributed by atoms with Gasteiger partial charge in [0.05, 0.1) is 13.7 Å². The summed E-state index contributed by atoms with van der Waals surface area (Å²) >= 11 is 0. The van der Waals surface area contributed by atoms with Crippen molar-refractivity contribution in [2.45, 2.75) is 12.8 Å². The highest BCUT2D eigenvalue weighted by Gasteiger charge is 2.36. The van der Waals surface area contributed by atoms with Crippen LogP contribution < -0.4 is 4.74 Å². The van der Waals surface area contributed by atoms with Gasteiger partial charge in [-0.3, -0.25) is 0 Å². The molecule has 1 aromatic rings. The van der Waals surface area contributed by atoms with E-state index >= 15 is 0 Å². The molecule has 0 saturated carbocycles. The third kappa shape index (κ3) is 2.38. The molecule has 1 aromatic carbocycles. The number of rotatable bonds is 2. The second-order valence-corrected chi connectivity index (χ2v) is 2.80. The van der Waals surface area contributed by atoms with Crippen LogP contribution >= 0.6 is 0 Å². The number of halogens is 4. The van der Waals surface area contributed by atoms with Gasteiger partial charge in [-0.05, 0) is 12.1 Å². The summed E-state index contributed by atoms with van der Waals surface area (Å²) in [6.45, 7) is -0.718. The molecule has 0 aliphatic carbocycles. The van der Waals surface area contributed by atoms with Crippen molar-refractivity contribution in [3.05, 3.63) is 29.1 Å². The van der Waals surface area contributed by atoms with Gasteiger partial charge in [0.15, 0.2) is 0 Å². The van der Waals surface area contributed by atoms with Gasteiger partial charge in [0.1, 0.15) is 17.1 Å². The van der Waals surface area contributed by atoms with Crippen molar-refractivity contribution in [3.8, 4) is 5.75 Å². The summed E-state index contributed by atoms with van der Waals surface area (Å²) in [6.07, 6.45) is -4.71. The lowest BCUT2D eigenvalue weighted by Gasteiger charge is -2.14. The van der Waals surface area contributed by atoms with Crippen LogP contribution in [0.5, 0.6) is 5.75 Å². The van der Waals surface area contributed by atoms with Crippen LogP contribution in [-0.2, 0) is 12.8 Å². The maximum absolute atomic E-state index is 12.8. The molecule has 0 saturated heterocycles. The molecular formula is C9H8F4O2. The Morgan fingerprint density at radius 3 is 2.33 bits per heavy atom. The molecule has 0 spiro atoms. The van der Waals surface area contributed by atoms with Gasteiger partial charge in [-0.15, -0.1) is 0 Å². The van der Waals surface area contributed by atoms with Gasteiger partial charge in [0.25, 0.3) is 0 Å². The summed E-state index contributed by atoms with van der Waals surface area (Å²) in [4.78, 5) is 0. The summed E-state index contributed by atoms with van der Waals surface area (Å²) in [5.74, 6) is -1.61.